The first-order valence-corrected chi connectivity index (χ1v) is 12.6. The third-order valence-electron chi connectivity index (χ3n) is 5.90. The van der Waals surface area contributed by atoms with Crippen molar-refractivity contribution in [3.05, 3.63) is 60.2 Å². The van der Waals surface area contributed by atoms with Crippen LogP contribution in [0, 0.1) is 0 Å². The Morgan fingerprint density at radius 2 is 1.55 bits per heavy atom. The van der Waals surface area contributed by atoms with Gasteiger partial charge in [-0.1, -0.05) is 25.1 Å². The van der Waals surface area contributed by atoms with Crippen LogP contribution < -0.4 is 10.6 Å². The number of nitrogens with one attached hydrogen (secondary N) is 2. The molecule has 0 spiro atoms. The van der Waals surface area contributed by atoms with Gasteiger partial charge < -0.3 is 15.5 Å². The summed E-state index contributed by atoms with van der Waals surface area (Å²) in [4.78, 5) is 26.9. The Balaban J connectivity index is 1.48. The van der Waals surface area contributed by atoms with Gasteiger partial charge in [0.2, 0.25) is 15.9 Å². The number of carbonyl (C=O) groups is 2. The second-order valence-corrected chi connectivity index (χ2v) is 10.7. The number of nitrogens with zero attached hydrogens (tertiary/aromatic N) is 2. The van der Waals surface area contributed by atoms with Gasteiger partial charge in [0, 0.05) is 43.0 Å². The quantitative estimate of drug-likeness (QED) is 0.615. The number of hydrogen-bond acceptors (Lipinski definition) is 5. The highest BCUT2D eigenvalue weighted by Crippen LogP contribution is 2.17. The van der Waals surface area contributed by atoms with E-state index in [9.17, 15) is 18.0 Å². The van der Waals surface area contributed by atoms with Gasteiger partial charge in [-0.15, -0.1) is 0 Å². The van der Waals surface area contributed by atoms with E-state index in [1.54, 1.807) is 59.5 Å². The van der Waals surface area contributed by atoms with Crippen LogP contribution in [0.4, 0.5) is 5.69 Å². The van der Waals surface area contributed by atoms with Crippen molar-refractivity contribution in [1.82, 2.24) is 14.5 Å². The van der Waals surface area contributed by atoms with E-state index < -0.39 is 10.0 Å². The molecule has 0 saturated carbocycles. The zero-order valence-corrected chi connectivity index (χ0v) is 20.2. The van der Waals surface area contributed by atoms with Gasteiger partial charge in [-0.25, -0.2) is 8.42 Å². The third kappa shape index (κ3) is 6.33. The number of carbonyl (C=O) groups excluding carboxylic acids is 2. The Morgan fingerprint density at radius 1 is 0.939 bits per heavy atom. The first-order valence-electron chi connectivity index (χ1n) is 11.1. The summed E-state index contributed by atoms with van der Waals surface area (Å²) >= 11 is 0. The van der Waals surface area contributed by atoms with Crippen LogP contribution in [0.5, 0.6) is 0 Å². The number of piperazine rings is 1. The monoisotopic (exact) mass is 472 g/mol. The molecule has 2 N–H and O–H groups in total. The van der Waals surface area contributed by atoms with E-state index in [-0.39, 0.29) is 41.9 Å². The van der Waals surface area contributed by atoms with Crippen LogP contribution in [0.1, 0.15) is 37.6 Å². The smallest absolute Gasteiger partial charge is 0.251 e. The molecule has 1 aliphatic heterocycles. The second-order valence-electron chi connectivity index (χ2n) is 8.72. The third-order valence-corrected chi connectivity index (χ3v) is 7.81. The van der Waals surface area contributed by atoms with Gasteiger partial charge in [0.15, 0.2) is 0 Å². The number of rotatable bonds is 8. The highest BCUT2D eigenvalue weighted by atomic mass is 32.2. The average Bonchev–Trinajstić information content (AvgIpc) is 2.83. The lowest BCUT2D eigenvalue weighted by molar-refractivity contribution is -0.130. The topological polar surface area (TPSA) is 98.8 Å². The molecule has 2 amide bonds. The lowest BCUT2D eigenvalue weighted by Gasteiger charge is -2.34. The molecule has 1 aliphatic rings. The van der Waals surface area contributed by atoms with Crippen molar-refractivity contribution in [1.29, 1.82) is 0 Å². The maximum absolute atomic E-state index is 12.7. The summed E-state index contributed by atoms with van der Waals surface area (Å²) in [5, 5.41) is 6.07. The maximum Gasteiger partial charge on any atom is 0.251 e. The summed E-state index contributed by atoms with van der Waals surface area (Å²) < 4.78 is 26.9. The number of benzene rings is 2. The first kappa shape index (κ1) is 24.7. The Hall–Kier alpha value is -2.91. The predicted octanol–water partition coefficient (Wildman–Crippen LogP) is 2.55. The number of anilines is 1. The van der Waals surface area contributed by atoms with Gasteiger partial charge in [0.1, 0.15) is 0 Å². The predicted molar refractivity (Wildman–Crippen MR) is 129 cm³/mol. The van der Waals surface area contributed by atoms with Crippen LogP contribution in [0.2, 0.25) is 0 Å². The van der Waals surface area contributed by atoms with E-state index in [1.165, 1.54) is 4.31 Å². The SMILES string of the molecule is CCC(C)(C)NC(=O)c1ccc(NCC(=O)N2CCN(S(=O)(=O)c3ccccc3)CC2)cc1. The summed E-state index contributed by atoms with van der Waals surface area (Å²) in [5.74, 6) is -0.230. The molecule has 178 valence electrons. The molecule has 0 aliphatic carbocycles. The molecular weight excluding hydrogens is 440 g/mol. The van der Waals surface area contributed by atoms with Crippen LogP contribution in [0.15, 0.2) is 59.5 Å². The normalized spacial score (nSPS) is 15.2. The van der Waals surface area contributed by atoms with Crippen molar-refractivity contribution >= 4 is 27.5 Å². The molecule has 1 heterocycles. The Kier molecular flexibility index (Phi) is 7.76. The Morgan fingerprint density at radius 3 is 2.12 bits per heavy atom. The van der Waals surface area contributed by atoms with E-state index >= 15 is 0 Å². The molecule has 1 saturated heterocycles. The zero-order chi connectivity index (χ0) is 24.1. The minimum absolute atomic E-state index is 0.0971. The number of amides is 2. The highest BCUT2D eigenvalue weighted by molar-refractivity contribution is 7.89. The van der Waals surface area contributed by atoms with Crippen molar-refractivity contribution in [2.75, 3.05) is 38.0 Å². The maximum atomic E-state index is 12.7. The van der Waals surface area contributed by atoms with Crippen molar-refractivity contribution in [3.8, 4) is 0 Å². The minimum Gasteiger partial charge on any atom is -0.376 e. The first-order chi connectivity index (χ1) is 15.6. The molecular formula is C24H32N4O4S. The van der Waals surface area contributed by atoms with Gasteiger partial charge in [-0.2, -0.15) is 4.31 Å². The number of hydrogen-bond donors (Lipinski definition) is 2. The van der Waals surface area contributed by atoms with E-state index in [0.29, 0.717) is 18.7 Å². The molecule has 2 aromatic rings. The lowest BCUT2D eigenvalue weighted by Crippen LogP contribution is -2.51. The van der Waals surface area contributed by atoms with Crippen molar-refractivity contribution < 1.29 is 18.0 Å². The molecule has 2 aromatic carbocycles. The molecule has 0 radical (unpaired) electrons. The highest BCUT2D eigenvalue weighted by Gasteiger charge is 2.29. The largest absolute Gasteiger partial charge is 0.376 e. The summed E-state index contributed by atoms with van der Waals surface area (Å²) in [6, 6.07) is 15.3. The zero-order valence-electron chi connectivity index (χ0n) is 19.4. The molecule has 0 bridgehead atoms. The Labute approximate surface area is 196 Å². The van der Waals surface area contributed by atoms with E-state index in [0.717, 1.165) is 12.1 Å². The van der Waals surface area contributed by atoms with Gasteiger partial charge in [0.05, 0.1) is 11.4 Å². The summed E-state index contributed by atoms with van der Waals surface area (Å²) in [6.45, 7) is 7.29. The second kappa shape index (κ2) is 10.4. The molecule has 0 atom stereocenters. The number of sulfonamides is 1. The van der Waals surface area contributed by atoms with Crippen LogP contribution in [0.25, 0.3) is 0 Å². The van der Waals surface area contributed by atoms with Gasteiger partial charge >= 0.3 is 0 Å². The summed E-state index contributed by atoms with van der Waals surface area (Å²) in [5.41, 5.74) is 1.02. The minimum atomic E-state index is -3.54. The van der Waals surface area contributed by atoms with Crippen molar-refractivity contribution in [3.63, 3.8) is 0 Å². The van der Waals surface area contributed by atoms with Gasteiger partial charge in [-0.3, -0.25) is 9.59 Å². The van der Waals surface area contributed by atoms with E-state index in [2.05, 4.69) is 10.6 Å². The van der Waals surface area contributed by atoms with Gasteiger partial charge in [-0.05, 0) is 56.7 Å². The molecule has 8 nitrogen and oxygen atoms in total. The molecule has 3 rings (SSSR count). The van der Waals surface area contributed by atoms with Crippen LogP contribution in [-0.2, 0) is 14.8 Å². The summed E-state index contributed by atoms with van der Waals surface area (Å²) in [7, 11) is -3.54. The van der Waals surface area contributed by atoms with Gasteiger partial charge in [0.25, 0.3) is 5.91 Å². The molecule has 0 unspecified atom stereocenters. The van der Waals surface area contributed by atoms with Crippen LogP contribution in [-0.4, -0.2) is 67.7 Å². The van der Waals surface area contributed by atoms with Crippen LogP contribution in [0.3, 0.4) is 0 Å². The average molecular weight is 473 g/mol. The van der Waals surface area contributed by atoms with Crippen LogP contribution >= 0.6 is 0 Å². The fourth-order valence-corrected chi connectivity index (χ4v) is 4.86. The molecule has 9 heteroatoms. The van der Waals surface area contributed by atoms with E-state index in [1.807, 2.05) is 20.8 Å². The van der Waals surface area contributed by atoms with Crippen molar-refractivity contribution in [2.45, 2.75) is 37.6 Å². The van der Waals surface area contributed by atoms with Crippen molar-refractivity contribution in [2.24, 2.45) is 0 Å². The standard InChI is InChI=1S/C24H32N4O4S/c1-4-24(2,3)26-23(30)19-10-12-20(13-11-19)25-18-22(29)27-14-16-28(17-15-27)33(31,32)21-8-6-5-7-9-21/h5-13,25H,4,14-18H2,1-3H3,(H,26,30). The molecule has 33 heavy (non-hydrogen) atoms. The fourth-order valence-electron chi connectivity index (χ4n) is 3.42. The lowest BCUT2D eigenvalue weighted by atomic mass is 10.0. The Bertz CT molecular complexity index is 1060. The van der Waals surface area contributed by atoms with E-state index in [4.69, 9.17) is 0 Å². The summed E-state index contributed by atoms with van der Waals surface area (Å²) in [6.07, 6.45) is 0.826. The fraction of sp³-hybridized carbons (Fsp3) is 0.417. The molecule has 0 aromatic heterocycles. The molecule has 1 fully saturated rings.